The Morgan fingerprint density at radius 1 is 0.833 bits per heavy atom. The van der Waals surface area contributed by atoms with Crippen LogP contribution in [0.4, 0.5) is 0 Å². The summed E-state index contributed by atoms with van der Waals surface area (Å²) in [6.07, 6.45) is 2.47. The van der Waals surface area contributed by atoms with E-state index in [1.54, 1.807) is 0 Å². The van der Waals surface area contributed by atoms with Crippen molar-refractivity contribution >= 4 is 0 Å². The van der Waals surface area contributed by atoms with E-state index in [0.717, 1.165) is 11.6 Å². The minimum atomic E-state index is 0. The summed E-state index contributed by atoms with van der Waals surface area (Å²) in [5.74, 6) is 1.44. The predicted molar refractivity (Wildman–Crippen MR) is 28.1 cm³/mol. The van der Waals surface area contributed by atoms with E-state index in [9.17, 15) is 0 Å². The van der Waals surface area contributed by atoms with Crippen molar-refractivity contribution in [1.29, 1.82) is 0 Å². The average Bonchev–Trinajstić information content (AvgIpc) is 1.64. The van der Waals surface area contributed by atoms with Gasteiger partial charge in [-0.25, -0.2) is 0 Å². The molecule has 54 valence electrons. The van der Waals surface area contributed by atoms with Gasteiger partial charge in [-0.2, -0.15) is 0 Å². The van der Waals surface area contributed by atoms with E-state index in [-0.39, 0.29) is 131 Å². The van der Waals surface area contributed by atoms with E-state index >= 15 is 0 Å². The summed E-state index contributed by atoms with van der Waals surface area (Å²) in [6.45, 7) is 3.62. The van der Waals surface area contributed by atoms with Crippen molar-refractivity contribution in [3.63, 3.8) is 0 Å². The van der Waals surface area contributed by atoms with Crippen molar-refractivity contribution in [3.8, 4) is 0 Å². The Morgan fingerprint density at radius 3 is 1.33 bits per heavy atom. The van der Waals surface area contributed by atoms with Gasteiger partial charge in [-0.3, -0.25) is 0 Å². The van der Waals surface area contributed by atoms with Gasteiger partial charge in [0.05, 0.1) is 0 Å². The summed E-state index contributed by atoms with van der Waals surface area (Å²) in [7, 11) is 0. The van der Waals surface area contributed by atoms with Crippen molar-refractivity contribution in [2.75, 3.05) is 0 Å². The third kappa shape index (κ3) is 11.5. The van der Waals surface area contributed by atoms with Crippen LogP contribution in [0.3, 0.4) is 0 Å². The van der Waals surface area contributed by atoms with E-state index < -0.39 is 0 Å². The van der Waals surface area contributed by atoms with Gasteiger partial charge in [0.2, 0.25) is 0 Å². The number of aromatic nitrogens is 3. The fraction of sp³-hybridized carbons (Fsp3) is 0.400. The number of aryl methyl sites for hydroxylation is 2. The van der Waals surface area contributed by atoms with Crippen LogP contribution in [0.1, 0.15) is 11.6 Å². The van der Waals surface area contributed by atoms with E-state index in [1.165, 1.54) is 0 Å². The third-order valence-corrected chi connectivity index (χ3v) is 0.747. The number of nitrogens with zero attached hydrogens (tertiary/aromatic N) is 3. The van der Waals surface area contributed by atoms with Crippen molar-refractivity contribution in [1.82, 2.24) is 15.0 Å². The standard InChI is InChI=1S/C5H6N3.4Y/c1-4-6-3-7-5(2)8-4;;;;/h1-2H3;;;;/q-1;;;;. The van der Waals surface area contributed by atoms with Crippen molar-refractivity contribution in [2.24, 2.45) is 0 Å². The molecule has 0 bridgehead atoms. The molecule has 0 saturated heterocycles. The maximum absolute atomic E-state index is 3.92. The van der Waals surface area contributed by atoms with E-state index in [4.69, 9.17) is 0 Å². The Bertz CT molecular complexity index is 179. The molecule has 0 amide bonds. The van der Waals surface area contributed by atoms with Gasteiger partial charge in [0.15, 0.2) is 0 Å². The maximum atomic E-state index is 3.92. The first kappa shape index (κ1) is 24.6. The Morgan fingerprint density at radius 2 is 1.17 bits per heavy atom. The van der Waals surface area contributed by atoms with Crippen molar-refractivity contribution in [2.45, 2.75) is 13.8 Å². The Hall–Kier alpha value is 3.43. The molecule has 0 aliphatic heterocycles. The molecule has 1 heterocycles. The normalized spacial score (nSPS) is 6.17. The van der Waals surface area contributed by atoms with Gasteiger partial charge in [0.25, 0.3) is 0 Å². The molecule has 0 saturated carbocycles. The van der Waals surface area contributed by atoms with Gasteiger partial charge in [0.1, 0.15) is 0 Å². The minimum absolute atomic E-state index is 0. The van der Waals surface area contributed by atoms with E-state index in [1.807, 2.05) is 13.8 Å². The largest absolute Gasteiger partial charge is 0.353 e. The number of hydrogen-bond donors (Lipinski definition) is 0. The summed E-state index contributed by atoms with van der Waals surface area (Å²) in [6, 6.07) is 0. The molecule has 12 heavy (non-hydrogen) atoms. The molecule has 1 rings (SSSR count). The molecule has 0 aromatic carbocycles. The Balaban J connectivity index is -0.0000000800. The second kappa shape index (κ2) is 14.4. The van der Waals surface area contributed by atoms with Gasteiger partial charge in [-0.1, -0.05) is 13.8 Å². The maximum Gasteiger partial charge on any atom is 0.0247 e. The molecule has 0 atom stereocenters. The minimum Gasteiger partial charge on any atom is -0.353 e. The summed E-state index contributed by atoms with van der Waals surface area (Å²) in [5, 5.41) is 0. The molecule has 0 unspecified atom stereocenters. The molecule has 7 heteroatoms. The van der Waals surface area contributed by atoms with Crippen molar-refractivity contribution in [3.05, 3.63) is 18.0 Å². The van der Waals surface area contributed by atoms with Crippen LogP contribution in [0.15, 0.2) is 0 Å². The zero-order valence-corrected chi connectivity index (χ0v) is 18.5. The fourth-order valence-corrected chi connectivity index (χ4v) is 0.454. The molecule has 0 spiro atoms. The Kier molecular flexibility index (Phi) is 29.6. The average molecular weight is 464 g/mol. The summed E-state index contributed by atoms with van der Waals surface area (Å²) < 4.78 is 0. The first-order valence-electron chi connectivity index (χ1n) is 2.34. The number of hydrogen-bond acceptors (Lipinski definition) is 3. The predicted octanol–water partition coefficient (Wildman–Crippen LogP) is 0.279. The summed E-state index contributed by atoms with van der Waals surface area (Å²) in [4.78, 5) is 11.3. The quantitative estimate of drug-likeness (QED) is 0.519. The number of rotatable bonds is 0. The van der Waals surface area contributed by atoms with Crippen LogP contribution in [0.5, 0.6) is 0 Å². The van der Waals surface area contributed by atoms with Crippen LogP contribution >= 0.6 is 0 Å². The monoisotopic (exact) mass is 464 g/mol. The smallest absolute Gasteiger partial charge is 0.0247 e. The molecule has 0 fully saturated rings. The topological polar surface area (TPSA) is 38.7 Å². The first-order valence-corrected chi connectivity index (χ1v) is 2.34. The van der Waals surface area contributed by atoms with Crippen LogP contribution in [0.25, 0.3) is 0 Å². The van der Waals surface area contributed by atoms with Gasteiger partial charge in [-0.05, 0) is 0 Å². The first-order chi connectivity index (χ1) is 3.79. The molecule has 1 aromatic heterocycles. The van der Waals surface area contributed by atoms with Crippen LogP contribution in [-0.2, 0) is 131 Å². The second-order valence-corrected chi connectivity index (χ2v) is 1.53. The molecule has 3 nitrogen and oxygen atoms in total. The molecule has 4 radical (unpaired) electrons. The molecule has 1 aromatic rings. The molecule has 0 aliphatic rings. The van der Waals surface area contributed by atoms with Crippen molar-refractivity contribution < 1.29 is 131 Å². The van der Waals surface area contributed by atoms with Gasteiger partial charge in [0, 0.05) is 149 Å². The van der Waals surface area contributed by atoms with Crippen LogP contribution in [0, 0.1) is 20.2 Å². The third-order valence-electron chi connectivity index (χ3n) is 0.747. The summed E-state index contributed by atoms with van der Waals surface area (Å²) in [5.41, 5.74) is 0. The zero-order valence-electron chi connectivity index (χ0n) is 7.15. The van der Waals surface area contributed by atoms with Gasteiger partial charge in [-0.15, -0.1) is 0 Å². The molecular formula is C5H6N3Y4-. The van der Waals surface area contributed by atoms with Gasteiger partial charge < -0.3 is 15.0 Å². The van der Waals surface area contributed by atoms with Crippen LogP contribution < -0.4 is 0 Å². The van der Waals surface area contributed by atoms with Crippen LogP contribution in [-0.4, -0.2) is 15.0 Å². The van der Waals surface area contributed by atoms with E-state index in [0.29, 0.717) is 0 Å². The van der Waals surface area contributed by atoms with Crippen LogP contribution in [0.2, 0.25) is 0 Å². The van der Waals surface area contributed by atoms with E-state index in [2.05, 4.69) is 21.3 Å². The molecular weight excluding hydrogens is 458 g/mol. The van der Waals surface area contributed by atoms with Gasteiger partial charge >= 0.3 is 0 Å². The fourth-order valence-electron chi connectivity index (χ4n) is 0.454. The molecule has 0 N–H and O–H groups in total. The SMILES string of the molecule is Cc1n[c-]nc(C)n1.[Y].[Y].[Y].[Y]. The Labute approximate surface area is 173 Å². The summed E-state index contributed by atoms with van der Waals surface area (Å²) >= 11 is 0. The zero-order chi connectivity index (χ0) is 5.98. The second-order valence-electron chi connectivity index (χ2n) is 1.53. The molecule has 0 aliphatic carbocycles.